The highest BCUT2D eigenvalue weighted by atomic mass is 32.2. The molecule has 0 spiro atoms. The van der Waals surface area contributed by atoms with E-state index in [9.17, 15) is 8.42 Å². The van der Waals surface area contributed by atoms with Gasteiger partial charge in [0.15, 0.2) is 0 Å². The maximum atomic E-state index is 12.4. The topological polar surface area (TPSA) is 55.4 Å². The van der Waals surface area contributed by atoms with Crippen molar-refractivity contribution in [3.05, 3.63) is 46.8 Å². The first kappa shape index (κ1) is 16.5. The third-order valence-electron chi connectivity index (χ3n) is 4.41. The molecule has 0 bridgehead atoms. The van der Waals surface area contributed by atoms with Crippen LogP contribution in [0.25, 0.3) is 0 Å². The Hall–Kier alpha value is -1.37. The Balaban J connectivity index is 1.71. The van der Waals surface area contributed by atoms with Gasteiger partial charge in [0.1, 0.15) is 9.96 Å². The van der Waals surface area contributed by atoms with E-state index in [1.165, 1.54) is 16.9 Å². The first-order chi connectivity index (χ1) is 11.0. The van der Waals surface area contributed by atoms with Crippen LogP contribution in [0.2, 0.25) is 0 Å². The molecule has 0 unspecified atom stereocenters. The third kappa shape index (κ3) is 3.44. The Morgan fingerprint density at radius 3 is 2.39 bits per heavy atom. The van der Waals surface area contributed by atoms with E-state index in [2.05, 4.69) is 4.72 Å². The lowest BCUT2D eigenvalue weighted by molar-refractivity contribution is 0.414. The molecule has 1 N–H and O–H groups in total. The van der Waals surface area contributed by atoms with Gasteiger partial charge in [-0.1, -0.05) is 19.1 Å². The molecule has 0 radical (unpaired) electrons. The molecule has 0 aliphatic heterocycles. The minimum absolute atomic E-state index is 0.0653. The van der Waals surface area contributed by atoms with Gasteiger partial charge in [-0.05, 0) is 49.1 Å². The number of sulfonamides is 1. The second-order valence-corrected chi connectivity index (χ2v) is 9.07. The van der Waals surface area contributed by atoms with Crippen molar-refractivity contribution in [1.29, 1.82) is 0 Å². The molecule has 1 aromatic carbocycles. The van der Waals surface area contributed by atoms with Gasteiger partial charge >= 0.3 is 0 Å². The molecule has 1 fully saturated rings. The molecule has 1 aromatic heterocycles. The fourth-order valence-electron chi connectivity index (χ4n) is 2.66. The van der Waals surface area contributed by atoms with Gasteiger partial charge in [0.2, 0.25) is 10.0 Å². The first-order valence-corrected chi connectivity index (χ1v) is 10.0. The molecule has 2 aromatic rings. The van der Waals surface area contributed by atoms with Crippen LogP contribution >= 0.6 is 11.3 Å². The molecule has 3 rings (SSSR count). The van der Waals surface area contributed by atoms with E-state index in [1.807, 2.05) is 37.3 Å². The summed E-state index contributed by atoms with van der Waals surface area (Å²) in [4.78, 5) is 1.08. The van der Waals surface area contributed by atoms with Crippen LogP contribution in [0, 0.1) is 0 Å². The minimum atomic E-state index is -3.42. The number of rotatable bonds is 7. The van der Waals surface area contributed by atoms with E-state index in [0.29, 0.717) is 10.8 Å². The van der Waals surface area contributed by atoms with E-state index < -0.39 is 10.0 Å². The Kier molecular flexibility index (Phi) is 4.49. The molecular weight excluding hydrogens is 330 g/mol. The number of nitrogens with one attached hydrogen (secondary N) is 1. The van der Waals surface area contributed by atoms with Crippen molar-refractivity contribution in [3.8, 4) is 5.75 Å². The van der Waals surface area contributed by atoms with Crippen LogP contribution in [0.1, 0.15) is 30.2 Å². The van der Waals surface area contributed by atoms with Crippen LogP contribution in [0.3, 0.4) is 0 Å². The summed E-state index contributed by atoms with van der Waals surface area (Å²) < 4.78 is 33.3. The minimum Gasteiger partial charge on any atom is -0.497 e. The summed E-state index contributed by atoms with van der Waals surface area (Å²) in [7, 11) is -1.78. The Labute approximate surface area is 141 Å². The van der Waals surface area contributed by atoms with Crippen molar-refractivity contribution in [3.63, 3.8) is 0 Å². The lowest BCUT2D eigenvalue weighted by Crippen LogP contribution is -2.31. The molecule has 1 aliphatic rings. The van der Waals surface area contributed by atoms with Crippen molar-refractivity contribution in [2.75, 3.05) is 13.7 Å². The van der Waals surface area contributed by atoms with Crippen molar-refractivity contribution >= 4 is 21.4 Å². The number of aryl methyl sites for hydroxylation is 1. The number of benzene rings is 1. The van der Waals surface area contributed by atoms with Crippen molar-refractivity contribution in [1.82, 2.24) is 4.72 Å². The van der Waals surface area contributed by atoms with Gasteiger partial charge in [-0.2, -0.15) is 0 Å². The molecule has 0 atom stereocenters. The van der Waals surface area contributed by atoms with E-state index in [1.54, 1.807) is 13.2 Å². The van der Waals surface area contributed by atoms with Crippen molar-refractivity contribution in [2.45, 2.75) is 35.8 Å². The number of ether oxygens (including phenoxy) is 1. The summed E-state index contributed by atoms with van der Waals surface area (Å²) in [6, 6.07) is 11.5. The normalized spacial score (nSPS) is 16.3. The predicted molar refractivity (Wildman–Crippen MR) is 92.8 cm³/mol. The third-order valence-corrected chi connectivity index (χ3v) is 7.53. The highest BCUT2D eigenvalue weighted by Gasteiger charge is 2.44. The molecule has 1 saturated carbocycles. The SMILES string of the molecule is CCc1ccc(S(=O)(=O)NCC2(c3ccc(OC)cc3)CC2)s1. The number of hydrogen-bond donors (Lipinski definition) is 1. The van der Waals surface area contributed by atoms with Gasteiger partial charge in [-0.25, -0.2) is 13.1 Å². The quantitative estimate of drug-likeness (QED) is 0.832. The first-order valence-electron chi connectivity index (χ1n) is 7.72. The van der Waals surface area contributed by atoms with Crippen LogP contribution in [0.5, 0.6) is 5.75 Å². The summed E-state index contributed by atoms with van der Waals surface area (Å²) in [5, 5.41) is 0. The molecule has 124 valence electrons. The molecule has 4 nitrogen and oxygen atoms in total. The summed E-state index contributed by atoms with van der Waals surface area (Å²) in [6.45, 7) is 2.47. The zero-order valence-corrected chi connectivity index (χ0v) is 15.0. The van der Waals surface area contributed by atoms with E-state index in [4.69, 9.17) is 4.74 Å². The highest BCUT2D eigenvalue weighted by molar-refractivity contribution is 7.91. The molecule has 6 heteroatoms. The van der Waals surface area contributed by atoms with Crippen LogP contribution in [0.15, 0.2) is 40.6 Å². The second kappa shape index (κ2) is 6.26. The summed E-state index contributed by atoms with van der Waals surface area (Å²) in [5.41, 5.74) is 1.10. The number of methoxy groups -OCH3 is 1. The molecule has 1 heterocycles. The summed E-state index contributed by atoms with van der Waals surface area (Å²) in [6.07, 6.45) is 2.87. The Bertz CT molecular complexity index is 774. The average molecular weight is 351 g/mol. The number of thiophene rings is 1. The zero-order valence-electron chi connectivity index (χ0n) is 13.3. The molecule has 23 heavy (non-hydrogen) atoms. The monoisotopic (exact) mass is 351 g/mol. The fourth-order valence-corrected chi connectivity index (χ4v) is 5.13. The zero-order chi connectivity index (χ0) is 16.5. The second-order valence-electron chi connectivity index (χ2n) is 5.91. The molecular formula is C17H21NO3S2. The van der Waals surface area contributed by atoms with E-state index >= 15 is 0 Å². The Morgan fingerprint density at radius 2 is 1.87 bits per heavy atom. The fraction of sp³-hybridized carbons (Fsp3) is 0.412. The van der Waals surface area contributed by atoms with Gasteiger partial charge < -0.3 is 4.74 Å². The van der Waals surface area contributed by atoms with Crippen LogP contribution in [-0.2, 0) is 21.9 Å². The maximum absolute atomic E-state index is 12.4. The molecule has 0 amide bonds. The lowest BCUT2D eigenvalue weighted by Gasteiger charge is -2.16. The smallest absolute Gasteiger partial charge is 0.250 e. The summed E-state index contributed by atoms with van der Waals surface area (Å²) in [5.74, 6) is 0.816. The van der Waals surface area contributed by atoms with Crippen LogP contribution in [0.4, 0.5) is 0 Å². The van der Waals surface area contributed by atoms with Crippen molar-refractivity contribution in [2.24, 2.45) is 0 Å². The number of hydrogen-bond acceptors (Lipinski definition) is 4. The molecule has 0 saturated heterocycles. The largest absolute Gasteiger partial charge is 0.497 e. The van der Waals surface area contributed by atoms with Gasteiger partial charge in [-0.15, -0.1) is 11.3 Å². The maximum Gasteiger partial charge on any atom is 0.250 e. The van der Waals surface area contributed by atoms with Gasteiger partial charge in [0.05, 0.1) is 7.11 Å². The van der Waals surface area contributed by atoms with E-state index in [0.717, 1.165) is 29.9 Å². The predicted octanol–water partition coefficient (Wildman–Crippen LogP) is 3.33. The van der Waals surface area contributed by atoms with Crippen LogP contribution < -0.4 is 9.46 Å². The van der Waals surface area contributed by atoms with Gasteiger partial charge in [-0.3, -0.25) is 0 Å². The Morgan fingerprint density at radius 1 is 1.17 bits per heavy atom. The standard InChI is InChI=1S/C17H21NO3S2/c1-3-15-8-9-16(22-15)23(19,20)18-12-17(10-11-17)13-4-6-14(21-2)7-5-13/h4-9,18H,3,10-12H2,1-2H3. The molecule has 1 aliphatic carbocycles. The van der Waals surface area contributed by atoms with Gasteiger partial charge in [0, 0.05) is 16.8 Å². The average Bonchev–Trinajstić information content (AvgIpc) is 3.20. The lowest BCUT2D eigenvalue weighted by atomic mass is 9.96. The van der Waals surface area contributed by atoms with Crippen molar-refractivity contribution < 1.29 is 13.2 Å². The van der Waals surface area contributed by atoms with Crippen LogP contribution in [-0.4, -0.2) is 22.1 Å². The van der Waals surface area contributed by atoms with E-state index in [-0.39, 0.29) is 5.41 Å². The van der Waals surface area contributed by atoms with Gasteiger partial charge in [0.25, 0.3) is 0 Å². The summed E-state index contributed by atoms with van der Waals surface area (Å²) >= 11 is 1.34. The highest BCUT2D eigenvalue weighted by Crippen LogP contribution is 2.48.